The molecule has 1 rings (SSSR count). The SMILES string of the molecule is CCC(CC)n1nnc(C(=O)O)c1COC. The van der Waals surface area contributed by atoms with Gasteiger partial charge in [-0.15, -0.1) is 5.10 Å². The van der Waals surface area contributed by atoms with Gasteiger partial charge in [-0.05, 0) is 12.8 Å². The number of rotatable bonds is 6. The zero-order valence-electron chi connectivity index (χ0n) is 9.80. The van der Waals surface area contributed by atoms with Crippen molar-refractivity contribution in [1.29, 1.82) is 0 Å². The highest BCUT2D eigenvalue weighted by Gasteiger charge is 2.21. The van der Waals surface area contributed by atoms with Gasteiger partial charge in [0.2, 0.25) is 0 Å². The maximum atomic E-state index is 10.9. The van der Waals surface area contributed by atoms with E-state index in [1.165, 1.54) is 7.11 Å². The van der Waals surface area contributed by atoms with Gasteiger partial charge in [-0.2, -0.15) is 0 Å². The fourth-order valence-corrected chi connectivity index (χ4v) is 1.68. The van der Waals surface area contributed by atoms with Crippen LogP contribution in [0.15, 0.2) is 0 Å². The molecule has 1 N–H and O–H groups in total. The lowest BCUT2D eigenvalue weighted by molar-refractivity contribution is 0.0684. The first-order chi connectivity index (χ1) is 7.65. The Bertz CT molecular complexity index is 358. The molecule has 6 nitrogen and oxygen atoms in total. The number of nitrogens with zero attached hydrogens (tertiary/aromatic N) is 3. The molecule has 1 heterocycles. The smallest absolute Gasteiger partial charge is 0.358 e. The molecule has 90 valence electrons. The van der Waals surface area contributed by atoms with Crippen LogP contribution >= 0.6 is 0 Å². The molecule has 1 aromatic heterocycles. The van der Waals surface area contributed by atoms with Crippen LogP contribution in [0.25, 0.3) is 0 Å². The first-order valence-corrected chi connectivity index (χ1v) is 5.31. The minimum atomic E-state index is -1.07. The fraction of sp³-hybridized carbons (Fsp3) is 0.700. The summed E-state index contributed by atoms with van der Waals surface area (Å²) in [5.74, 6) is -1.07. The third-order valence-corrected chi connectivity index (χ3v) is 2.56. The Kier molecular flexibility index (Phi) is 4.42. The van der Waals surface area contributed by atoms with Gasteiger partial charge < -0.3 is 9.84 Å². The average molecular weight is 227 g/mol. The number of aromatic carboxylic acids is 1. The lowest BCUT2D eigenvalue weighted by Gasteiger charge is -2.15. The fourth-order valence-electron chi connectivity index (χ4n) is 1.68. The summed E-state index contributed by atoms with van der Waals surface area (Å²) < 4.78 is 6.65. The van der Waals surface area contributed by atoms with E-state index in [1.54, 1.807) is 4.68 Å². The van der Waals surface area contributed by atoms with Crippen molar-refractivity contribution in [2.24, 2.45) is 0 Å². The predicted octanol–water partition coefficient (Wildman–Crippen LogP) is 1.48. The molecule has 0 saturated heterocycles. The molecule has 0 aromatic carbocycles. The summed E-state index contributed by atoms with van der Waals surface area (Å²) in [4.78, 5) is 10.9. The molecule has 16 heavy (non-hydrogen) atoms. The van der Waals surface area contributed by atoms with E-state index in [4.69, 9.17) is 9.84 Å². The molecule has 0 bridgehead atoms. The molecule has 0 spiro atoms. The Labute approximate surface area is 94.2 Å². The van der Waals surface area contributed by atoms with Crippen LogP contribution in [0.2, 0.25) is 0 Å². The van der Waals surface area contributed by atoms with Crippen LogP contribution in [0.4, 0.5) is 0 Å². The number of hydrogen-bond acceptors (Lipinski definition) is 4. The molecule has 0 atom stereocenters. The molecule has 6 heteroatoms. The average Bonchev–Trinajstić information content (AvgIpc) is 2.65. The molecular formula is C10H17N3O3. The van der Waals surface area contributed by atoms with Crippen molar-refractivity contribution in [3.8, 4) is 0 Å². The van der Waals surface area contributed by atoms with Crippen molar-refractivity contribution < 1.29 is 14.6 Å². The van der Waals surface area contributed by atoms with Crippen LogP contribution in [0.1, 0.15) is 48.9 Å². The summed E-state index contributed by atoms with van der Waals surface area (Å²) >= 11 is 0. The van der Waals surface area contributed by atoms with Gasteiger partial charge in [0.1, 0.15) is 0 Å². The Morgan fingerprint density at radius 3 is 2.56 bits per heavy atom. The molecule has 0 aliphatic heterocycles. The molecule has 0 fully saturated rings. The number of carboxylic acid groups (broad SMARTS) is 1. The maximum Gasteiger partial charge on any atom is 0.358 e. The molecule has 0 aliphatic carbocycles. The van der Waals surface area contributed by atoms with Crippen LogP contribution in [-0.4, -0.2) is 33.2 Å². The van der Waals surface area contributed by atoms with Crippen LogP contribution in [0, 0.1) is 0 Å². The van der Waals surface area contributed by atoms with Gasteiger partial charge in [-0.1, -0.05) is 19.1 Å². The molecule has 0 radical (unpaired) electrons. The van der Waals surface area contributed by atoms with Gasteiger partial charge >= 0.3 is 5.97 Å². The third kappa shape index (κ3) is 2.38. The van der Waals surface area contributed by atoms with Crippen molar-refractivity contribution >= 4 is 5.97 Å². The number of hydrogen-bond donors (Lipinski definition) is 1. The zero-order chi connectivity index (χ0) is 12.1. The van der Waals surface area contributed by atoms with Crippen molar-refractivity contribution in [2.45, 2.75) is 39.3 Å². The molecule has 0 unspecified atom stereocenters. The van der Waals surface area contributed by atoms with Gasteiger partial charge in [0.25, 0.3) is 0 Å². The lowest BCUT2D eigenvalue weighted by Crippen LogP contribution is -2.14. The van der Waals surface area contributed by atoms with E-state index in [2.05, 4.69) is 10.3 Å². The summed E-state index contributed by atoms with van der Waals surface area (Å²) in [5.41, 5.74) is 0.512. The molecule has 1 aromatic rings. The second-order valence-electron chi connectivity index (χ2n) is 3.54. The number of ether oxygens (including phenoxy) is 1. The Morgan fingerprint density at radius 1 is 1.50 bits per heavy atom. The van der Waals surface area contributed by atoms with E-state index in [0.717, 1.165) is 12.8 Å². The van der Waals surface area contributed by atoms with Crippen molar-refractivity contribution in [1.82, 2.24) is 15.0 Å². The summed E-state index contributed by atoms with van der Waals surface area (Å²) in [6, 6.07) is 0.172. The summed E-state index contributed by atoms with van der Waals surface area (Å²) in [7, 11) is 1.52. The quantitative estimate of drug-likeness (QED) is 0.796. The Balaban J connectivity index is 3.13. The second-order valence-corrected chi connectivity index (χ2v) is 3.54. The number of methoxy groups -OCH3 is 1. The molecular weight excluding hydrogens is 210 g/mol. The predicted molar refractivity (Wildman–Crippen MR) is 57.3 cm³/mol. The van der Waals surface area contributed by atoms with E-state index >= 15 is 0 Å². The minimum absolute atomic E-state index is 0.0197. The number of carboxylic acids is 1. The van der Waals surface area contributed by atoms with Crippen LogP contribution < -0.4 is 0 Å². The topological polar surface area (TPSA) is 77.2 Å². The van der Waals surface area contributed by atoms with E-state index in [0.29, 0.717) is 5.69 Å². The Morgan fingerprint density at radius 2 is 2.12 bits per heavy atom. The monoisotopic (exact) mass is 227 g/mol. The highest BCUT2D eigenvalue weighted by Crippen LogP contribution is 2.19. The van der Waals surface area contributed by atoms with Gasteiger partial charge in [-0.3, -0.25) is 0 Å². The third-order valence-electron chi connectivity index (χ3n) is 2.56. The summed E-state index contributed by atoms with van der Waals surface area (Å²) in [5, 5.41) is 16.5. The van der Waals surface area contributed by atoms with Crippen molar-refractivity contribution in [2.75, 3.05) is 7.11 Å². The van der Waals surface area contributed by atoms with Gasteiger partial charge in [0, 0.05) is 7.11 Å². The first kappa shape index (κ1) is 12.6. The maximum absolute atomic E-state index is 10.9. The van der Waals surface area contributed by atoms with E-state index in [-0.39, 0.29) is 18.3 Å². The highest BCUT2D eigenvalue weighted by atomic mass is 16.5. The first-order valence-electron chi connectivity index (χ1n) is 5.31. The standard InChI is InChI=1S/C10H17N3O3/c1-4-7(5-2)13-8(6-16-3)9(10(14)15)11-12-13/h7H,4-6H2,1-3H3,(H,14,15). The molecule has 0 amide bonds. The number of aromatic nitrogens is 3. The normalized spacial score (nSPS) is 11.0. The van der Waals surface area contributed by atoms with Gasteiger partial charge in [0.15, 0.2) is 5.69 Å². The zero-order valence-corrected chi connectivity index (χ0v) is 9.80. The van der Waals surface area contributed by atoms with Crippen LogP contribution in [-0.2, 0) is 11.3 Å². The van der Waals surface area contributed by atoms with Gasteiger partial charge in [-0.25, -0.2) is 9.48 Å². The summed E-state index contributed by atoms with van der Waals surface area (Å²) in [6.45, 7) is 4.28. The van der Waals surface area contributed by atoms with Crippen molar-refractivity contribution in [3.63, 3.8) is 0 Å². The van der Waals surface area contributed by atoms with E-state index < -0.39 is 5.97 Å². The second kappa shape index (κ2) is 5.60. The van der Waals surface area contributed by atoms with E-state index in [1.807, 2.05) is 13.8 Å². The Hall–Kier alpha value is -1.43. The van der Waals surface area contributed by atoms with Crippen molar-refractivity contribution in [3.05, 3.63) is 11.4 Å². The van der Waals surface area contributed by atoms with Gasteiger partial charge in [0.05, 0.1) is 18.3 Å². The minimum Gasteiger partial charge on any atom is -0.476 e. The summed E-state index contributed by atoms with van der Waals surface area (Å²) in [6.07, 6.45) is 1.77. The van der Waals surface area contributed by atoms with E-state index in [9.17, 15) is 4.79 Å². The molecule has 0 aliphatic rings. The highest BCUT2D eigenvalue weighted by molar-refractivity contribution is 5.86. The van der Waals surface area contributed by atoms with Crippen LogP contribution in [0.5, 0.6) is 0 Å². The van der Waals surface area contributed by atoms with Crippen LogP contribution in [0.3, 0.4) is 0 Å². The molecule has 0 saturated carbocycles. The number of carbonyl (C=O) groups is 1. The largest absolute Gasteiger partial charge is 0.476 e. The lowest BCUT2D eigenvalue weighted by atomic mass is 10.1.